The van der Waals surface area contributed by atoms with Crippen LogP contribution >= 0.6 is 11.8 Å². The summed E-state index contributed by atoms with van der Waals surface area (Å²) < 4.78 is 0. The van der Waals surface area contributed by atoms with Crippen molar-refractivity contribution in [3.63, 3.8) is 0 Å². The van der Waals surface area contributed by atoms with Crippen LogP contribution in [0.4, 0.5) is 17.1 Å². The Kier molecular flexibility index (Phi) is 7.08. The Bertz CT molecular complexity index is 2590. The van der Waals surface area contributed by atoms with Crippen LogP contribution in [0.5, 0.6) is 0 Å². The maximum atomic E-state index is 2.49. The summed E-state index contributed by atoms with van der Waals surface area (Å²) in [6.45, 7) is 0.353. The number of benzene rings is 8. The number of hydrogen-bond donors (Lipinski definition) is 0. The Morgan fingerprint density at radius 2 is 0.774 bits per heavy atom. The Labute approximate surface area is 317 Å². The normalized spacial score (nSPS) is 14.0. The van der Waals surface area contributed by atoms with Crippen LogP contribution in [0.25, 0.3) is 0 Å². The van der Waals surface area contributed by atoms with Crippen molar-refractivity contribution in [1.82, 2.24) is 0 Å². The van der Waals surface area contributed by atoms with E-state index in [1.807, 2.05) is 11.8 Å². The topological polar surface area (TPSA) is 3.24 Å². The maximum absolute atomic E-state index is 2.74. The molecule has 8 aromatic carbocycles. The maximum Gasteiger partial charge on any atom is 0.243 e. The molecule has 0 atom stereocenters. The molecule has 1 nitrogen and oxygen atoms in total. The molecule has 5 heteroatoms. The number of nitrogens with zero attached hydrogens (tertiary/aromatic N) is 1. The molecule has 0 fully saturated rings. The van der Waals surface area contributed by atoms with Gasteiger partial charge >= 0.3 is 0 Å². The quantitative estimate of drug-likeness (QED) is 0.246. The summed E-state index contributed by atoms with van der Waals surface area (Å²) in [5.74, 6) is 0. The molecule has 0 saturated heterocycles. The summed E-state index contributed by atoms with van der Waals surface area (Å²) in [7, 11) is -2.74. The molecule has 8 aromatic rings. The summed E-state index contributed by atoms with van der Waals surface area (Å²) in [6, 6.07) is 75.3. The van der Waals surface area contributed by atoms with Gasteiger partial charge in [-0.3, -0.25) is 0 Å². The van der Waals surface area contributed by atoms with Gasteiger partial charge in [-0.25, -0.2) is 0 Å². The summed E-state index contributed by atoms with van der Waals surface area (Å²) in [5.41, 5.74) is 12.1. The third-order valence-electron chi connectivity index (χ3n) is 11.7. The van der Waals surface area contributed by atoms with Crippen molar-refractivity contribution >= 4 is 104 Å². The molecular formula is C48H33B2NSSi. The van der Waals surface area contributed by atoms with Crippen LogP contribution in [-0.2, 0) is 0 Å². The lowest BCUT2D eigenvalue weighted by atomic mass is 9.36. The second kappa shape index (κ2) is 12.2. The van der Waals surface area contributed by atoms with Gasteiger partial charge in [0.1, 0.15) is 0 Å². The molecule has 53 heavy (non-hydrogen) atoms. The van der Waals surface area contributed by atoms with Crippen LogP contribution in [0.1, 0.15) is 0 Å². The Hall–Kier alpha value is -5.74. The van der Waals surface area contributed by atoms with Gasteiger partial charge in [0.15, 0.2) is 8.07 Å². The van der Waals surface area contributed by atoms with E-state index in [1.165, 1.54) is 58.1 Å². The SMILES string of the molecule is c1ccc(N(c2ccccc2)c2ccc(B3c4ccccc4[Si]4(c5ccccc53)c3ccccc3B3c5ccccc5Sc5cccc4c53)cc2)cc1. The van der Waals surface area contributed by atoms with Crippen molar-refractivity contribution in [3.05, 3.63) is 200 Å². The minimum atomic E-state index is -2.74. The predicted molar refractivity (Wildman–Crippen MR) is 231 cm³/mol. The lowest BCUT2D eigenvalue weighted by Crippen LogP contribution is -2.93. The first-order chi connectivity index (χ1) is 26.3. The van der Waals surface area contributed by atoms with Gasteiger partial charge in [0.2, 0.25) is 13.4 Å². The van der Waals surface area contributed by atoms with Crippen molar-refractivity contribution in [2.45, 2.75) is 9.79 Å². The van der Waals surface area contributed by atoms with Gasteiger partial charge < -0.3 is 4.90 Å². The molecule has 0 radical (unpaired) electrons. The van der Waals surface area contributed by atoms with Gasteiger partial charge in [-0.05, 0) is 69.3 Å². The molecule has 0 unspecified atom stereocenters. The number of anilines is 3. The summed E-state index contributed by atoms with van der Waals surface area (Å²) in [5, 5.41) is 6.12. The molecule has 246 valence electrons. The lowest BCUT2D eigenvalue weighted by molar-refractivity contribution is 1.29. The van der Waals surface area contributed by atoms with Crippen LogP contribution < -0.4 is 58.4 Å². The molecule has 0 amide bonds. The molecular weight excluding hydrogens is 672 g/mol. The van der Waals surface area contributed by atoms with Crippen molar-refractivity contribution in [2.24, 2.45) is 0 Å². The minimum absolute atomic E-state index is 0.121. The summed E-state index contributed by atoms with van der Waals surface area (Å²) >= 11 is 1.95. The highest BCUT2D eigenvalue weighted by Gasteiger charge is 2.56. The third-order valence-corrected chi connectivity index (χ3v) is 18.0. The monoisotopic (exact) mass is 705 g/mol. The number of rotatable bonds is 4. The van der Waals surface area contributed by atoms with E-state index in [0.717, 1.165) is 17.1 Å². The molecule has 11 rings (SSSR count). The van der Waals surface area contributed by atoms with E-state index in [9.17, 15) is 0 Å². The van der Waals surface area contributed by atoms with Gasteiger partial charge in [0.05, 0.1) is 0 Å². The first-order valence-electron chi connectivity index (χ1n) is 18.5. The van der Waals surface area contributed by atoms with Crippen LogP contribution in [-0.4, -0.2) is 21.5 Å². The summed E-state index contributed by atoms with van der Waals surface area (Å²) in [6.07, 6.45) is 0. The van der Waals surface area contributed by atoms with Gasteiger partial charge in [-0.15, -0.1) is 0 Å². The zero-order chi connectivity index (χ0) is 34.9. The molecule has 0 bridgehead atoms. The van der Waals surface area contributed by atoms with E-state index in [0.29, 0.717) is 0 Å². The molecule has 3 aliphatic rings. The zero-order valence-corrected chi connectivity index (χ0v) is 30.9. The highest BCUT2D eigenvalue weighted by molar-refractivity contribution is 8.00. The van der Waals surface area contributed by atoms with E-state index in [1.54, 1.807) is 5.19 Å². The number of hydrogen-bond acceptors (Lipinski definition) is 2. The van der Waals surface area contributed by atoms with Gasteiger partial charge in [-0.1, -0.05) is 196 Å². The molecule has 3 heterocycles. The average Bonchev–Trinajstić information content (AvgIpc) is 3.23. The first-order valence-corrected chi connectivity index (χ1v) is 21.3. The standard InChI is InChI=1S/C48H33B2NSSi/c1-3-16-35(17-4-1)51(36-18-5-2-6-19-36)37-32-30-34(31-33-37)49-39-21-8-12-26-44(39)53(45-27-13-9-22-40(45)49)46-28-14-10-23-41(46)50-38-20-7-11-24-42(38)52-43-25-15-29-47(53)48(43)50/h1-33H. The van der Waals surface area contributed by atoms with Crippen LogP contribution in [0.15, 0.2) is 210 Å². The predicted octanol–water partition coefficient (Wildman–Crippen LogP) is 4.66. The number of para-hydroxylation sites is 2. The highest BCUT2D eigenvalue weighted by Crippen LogP contribution is 2.34. The van der Waals surface area contributed by atoms with Crippen LogP contribution in [0.2, 0.25) is 0 Å². The zero-order valence-electron chi connectivity index (χ0n) is 29.1. The lowest BCUT2D eigenvalue weighted by Gasteiger charge is -2.49. The smallest absolute Gasteiger partial charge is 0.243 e. The first kappa shape index (κ1) is 30.8. The molecule has 0 saturated carbocycles. The average molecular weight is 706 g/mol. The van der Waals surface area contributed by atoms with Crippen molar-refractivity contribution in [3.8, 4) is 0 Å². The fourth-order valence-corrected chi connectivity index (χ4v) is 16.8. The van der Waals surface area contributed by atoms with E-state index in [2.05, 4.69) is 205 Å². The van der Waals surface area contributed by atoms with Crippen molar-refractivity contribution in [1.29, 1.82) is 0 Å². The highest BCUT2D eigenvalue weighted by atomic mass is 32.2. The Morgan fingerprint density at radius 1 is 0.340 bits per heavy atom. The molecule has 0 aliphatic carbocycles. The van der Waals surface area contributed by atoms with Crippen molar-refractivity contribution in [2.75, 3.05) is 4.90 Å². The van der Waals surface area contributed by atoms with Crippen LogP contribution in [0, 0.1) is 0 Å². The second-order valence-electron chi connectivity index (χ2n) is 14.3. The van der Waals surface area contributed by atoms with E-state index >= 15 is 0 Å². The largest absolute Gasteiger partial charge is 0.311 e. The second-order valence-corrected chi connectivity index (χ2v) is 19.1. The molecule has 1 spiro atoms. The Morgan fingerprint density at radius 3 is 1.36 bits per heavy atom. The number of fused-ring (bicyclic) bond motifs is 10. The molecule has 0 aromatic heterocycles. The van der Waals surface area contributed by atoms with E-state index in [4.69, 9.17) is 0 Å². The molecule has 0 N–H and O–H groups in total. The van der Waals surface area contributed by atoms with Crippen molar-refractivity contribution < 1.29 is 0 Å². The van der Waals surface area contributed by atoms with Crippen LogP contribution in [0.3, 0.4) is 0 Å². The fraction of sp³-hybridized carbons (Fsp3) is 0. The molecule has 3 aliphatic heterocycles. The van der Waals surface area contributed by atoms with Gasteiger partial charge in [0, 0.05) is 26.9 Å². The van der Waals surface area contributed by atoms with E-state index in [-0.39, 0.29) is 13.4 Å². The van der Waals surface area contributed by atoms with Gasteiger partial charge in [0.25, 0.3) is 0 Å². The van der Waals surface area contributed by atoms with Gasteiger partial charge in [-0.2, -0.15) is 0 Å². The Balaban J connectivity index is 1.13. The fourth-order valence-electron chi connectivity index (χ4n) is 9.75. The summed E-state index contributed by atoms with van der Waals surface area (Å²) in [4.78, 5) is 5.13. The van der Waals surface area contributed by atoms with E-state index < -0.39 is 8.07 Å². The minimum Gasteiger partial charge on any atom is -0.311 e. The third kappa shape index (κ3) is 4.48.